The minimum absolute atomic E-state index is 0.929. The first-order valence-corrected chi connectivity index (χ1v) is 11.1. The van der Waals surface area contributed by atoms with Crippen molar-refractivity contribution in [2.45, 2.75) is 78.7 Å². The second kappa shape index (κ2) is 10.3. The molecule has 28 heavy (non-hydrogen) atoms. The third-order valence-electron chi connectivity index (χ3n) is 5.33. The van der Waals surface area contributed by atoms with Crippen LogP contribution in [0.4, 0.5) is 11.5 Å². The average molecular weight is 378 g/mol. The molecule has 0 aliphatic carbocycles. The van der Waals surface area contributed by atoms with E-state index in [1.54, 1.807) is 0 Å². The molecule has 0 atom stereocenters. The third-order valence-corrected chi connectivity index (χ3v) is 5.33. The van der Waals surface area contributed by atoms with Crippen LogP contribution in [0.15, 0.2) is 42.6 Å². The van der Waals surface area contributed by atoms with E-state index in [4.69, 9.17) is 4.98 Å². The Morgan fingerprint density at radius 2 is 1.50 bits per heavy atom. The lowest BCUT2D eigenvalue weighted by atomic mass is 10.0. The van der Waals surface area contributed by atoms with Crippen LogP contribution < -0.4 is 5.32 Å². The molecule has 0 aliphatic rings. The van der Waals surface area contributed by atoms with Crippen LogP contribution in [0.3, 0.4) is 0 Å². The molecule has 3 aromatic rings. The number of rotatable bonds is 11. The van der Waals surface area contributed by atoms with Crippen molar-refractivity contribution in [1.82, 2.24) is 9.55 Å². The Balaban J connectivity index is 1.84. The summed E-state index contributed by atoms with van der Waals surface area (Å²) in [5.41, 5.74) is 5.11. The predicted octanol–water partition coefficient (Wildman–Crippen LogP) is 7.27. The van der Waals surface area contributed by atoms with Gasteiger partial charge in [-0.25, -0.2) is 4.98 Å². The van der Waals surface area contributed by atoms with Crippen molar-refractivity contribution in [3.63, 3.8) is 0 Å². The molecule has 0 amide bonds. The molecule has 3 heteroatoms. The lowest BCUT2D eigenvalue weighted by molar-refractivity contribution is 0.646. The second-order valence-corrected chi connectivity index (χ2v) is 7.84. The molecule has 0 spiro atoms. The zero-order chi connectivity index (χ0) is 19.8. The summed E-state index contributed by atoms with van der Waals surface area (Å²) in [6.07, 6.45) is 11.8. The number of pyridine rings is 1. The van der Waals surface area contributed by atoms with Gasteiger partial charge in [0.25, 0.3) is 0 Å². The maximum atomic E-state index is 4.92. The van der Waals surface area contributed by atoms with Crippen molar-refractivity contribution in [2.24, 2.45) is 0 Å². The summed E-state index contributed by atoms with van der Waals surface area (Å²) in [5, 5.41) is 4.79. The Kier molecular flexibility index (Phi) is 7.53. The molecule has 0 radical (unpaired) electrons. The Labute approximate surface area is 170 Å². The summed E-state index contributed by atoms with van der Waals surface area (Å²) in [5.74, 6) is 0.929. The molecule has 0 fully saturated rings. The van der Waals surface area contributed by atoms with Gasteiger partial charge in [-0.15, -0.1) is 0 Å². The highest BCUT2D eigenvalue weighted by atomic mass is 15.1. The highest BCUT2D eigenvalue weighted by molar-refractivity contribution is 5.79. The van der Waals surface area contributed by atoms with Crippen LogP contribution in [0.25, 0.3) is 11.0 Å². The topological polar surface area (TPSA) is 29.9 Å². The van der Waals surface area contributed by atoms with E-state index in [0.717, 1.165) is 30.9 Å². The minimum atomic E-state index is 0.929. The third kappa shape index (κ3) is 5.37. The molecule has 0 bridgehead atoms. The Morgan fingerprint density at radius 1 is 0.821 bits per heavy atom. The van der Waals surface area contributed by atoms with Gasteiger partial charge in [-0.05, 0) is 73.6 Å². The van der Waals surface area contributed by atoms with Gasteiger partial charge in [-0.1, -0.05) is 46.1 Å². The standard InChI is InChI=1S/C25H35N3/c1-4-7-10-20-17-21(11-8-5-2)19-23(18-20)26-24-13-12-22-14-16-28(15-9-6-3)25(22)27-24/h12-14,16-19H,4-11,15H2,1-3H3,(H,26,27). The number of aromatic nitrogens is 2. The van der Waals surface area contributed by atoms with E-state index in [1.165, 1.54) is 60.7 Å². The monoisotopic (exact) mass is 377 g/mol. The van der Waals surface area contributed by atoms with Crippen molar-refractivity contribution in [3.8, 4) is 0 Å². The van der Waals surface area contributed by atoms with Gasteiger partial charge < -0.3 is 9.88 Å². The van der Waals surface area contributed by atoms with Crippen LogP contribution in [0.5, 0.6) is 0 Å². The van der Waals surface area contributed by atoms with Crippen LogP contribution in [-0.4, -0.2) is 9.55 Å². The molecule has 3 rings (SSSR count). The molecular formula is C25H35N3. The molecule has 2 aromatic heterocycles. The SMILES string of the molecule is CCCCc1cc(CCCC)cc(Nc2ccc3ccn(CCCC)c3n2)c1. The first-order chi connectivity index (χ1) is 13.7. The van der Waals surface area contributed by atoms with E-state index >= 15 is 0 Å². The summed E-state index contributed by atoms with van der Waals surface area (Å²) in [6.45, 7) is 7.78. The number of aryl methyl sites for hydroxylation is 3. The number of fused-ring (bicyclic) bond motifs is 1. The highest BCUT2D eigenvalue weighted by Gasteiger charge is 2.06. The molecule has 0 saturated carbocycles. The largest absolute Gasteiger partial charge is 0.340 e. The molecule has 1 aromatic carbocycles. The fourth-order valence-electron chi connectivity index (χ4n) is 3.67. The van der Waals surface area contributed by atoms with E-state index in [0.29, 0.717) is 0 Å². The number of hydrogen-bond donors (Lipinski definition) is 1. The summed E-state index contributed by atoms with van der Waals surface area (Å²) >= 11 is 0. The Bertz CT molecular complexity index is 852. The summed E-state index contributed by atoms with van der Waals surface area (Å²) in [7, 11) is 0. The van der Waals surface area contributed by atoms with E-state index in [9.17, 15) is 0 Å². The number of nitrogens with zero attached hydrogens (tertiary/aromatic N) is 2. The van der Waals surface area contributed by atoms with Crippen molar-refractivity contribution in [3.05, 3.63) is 53.7 Å². The van der Waals surface area contributed by atoms with Crippen molar-refractivity contribution < 1.29 is 0 Å². The van der Waals surface area contributed by atoms with Crippen molar-refractivity contribution >= 4 is 22.5 Å². The lowest BCUT2D eigenvalue weighted by Gasteiger charge is -2.12. The molecular weight excluding hydrogens is 342 g/mol. The van der Waals surface area contributed by atoms with Gasteiger partial charge >= 0.3 is 0 Å². The minimum Gasteiger partial charge on any atom is -0.340 e. The van der Waals surface area contributed by atoms with Crippen LogP contribution in [0.2, 0.25) is 0 Å². The highest BCUT2D eigenvalue weighted by Crippen LogP contribution is 2.24. The maximum absolute atomic E-state index is 4.92. The number of anilines is 2. The smallest absolute Gasteiger partial charge is 0.142 e. The van der Waals surface area contributed by atoms with Gasteiger partial charge in [0.2, 0.25) is 0 Å². The maximum Gasteiger partial charge on any atom is 0.142 e. The van der Waals surface area contributed by atoms with Crippen LogP contribution in [-0.2, 0) is 19.4 Å². The number of hydrogen-bond acceptors (Lipinski definition) is 2. The molecule has 150 valence electrons. The second-order valence-electron chi connectivity index (χ2n) is 7.84. The number of unbranched alkanes of at least 4 members (excludes halogenated alkanes) is 3. The molecule has 3 nitrogen and oxygen atoms in total. The normalized spacial score (nSPS) is 11.2. The fraction of sp³-hybridized carbons (Fsp3) is 0.480. The molecule has 0 saturated heterocycles. The fourth-order valence-corrected chi connectivity index (χ4v) is 3.67. The van der Waals surface area contributed by atoms with Crippen molar-refractivity contribution in [2.75, 3.05) is 5.32 Å². The van der Waals surface area contributed by atoms with Gasteiger partial charge in [0.15, 0.2) is 0 Å². The Morgan fingerprint density at radius 3 is 2.14 bits per heavy atom. The summed E-state index contributed by atoms with van der Waals surface area (Å²) in [6, 6.07) is 13.4. The van der Waals surface area contributed by atoms with Gasteiger partial charge in [0.1, 0.15) is 11.5 Å². The quantitative estimate of drug-likeness (QED) is 0.381. The van der Waals surface area contributed by atoms with Crippen LogP contribution in [0, 0.1) is 0 Å². The van der Waals surface area contributed by atoms with E-state index in [2.05, 4.69) is 73.3 Å². The predicted molar refractivity (Wildman–Crippen MR) is 122 cm³/mol. The lowest BCUT2D eigenvalue weighted by Crippen LogP contribution is -2.00. The van der Waals surface area contributed by atoms with Gasteiger partial charge in [0, 0.05) is 23.8 Å². The number of benzene rings is 1. The number of nitrogens with one attached hydrogen (secondary N) is 1. The van der Waals surface area contributed by atoms with Gasteiger partial charge in [0.05, 0.1) is 0 Å². The zero-order valence-electron chi connectivity index (χ0n) is 17.8. The molecule has 0 unspecified atom stereocenters. The van der Waals surface area contributed by atoms with E-state index in [-0.39, 0.29) is 0 Å². The Hall–Kier alpha value is -2.29. The first kappa shape index (κ1) is 20.4. The van der Waals surface area contributed by atoms with Gasteiger partial charge in [-0.3, -0.25) is 0 Å². The van der Waals surface area contributed by atoms with E-state index in [1.807, 2.05) is 0 Å². The van der Waals surface area contributed by atoms with Gasteiger partial charge in [-0.2, -0.15) is 0 Å². The van der Waals surface area contributed by atoms with Crippen LogP contribution >= 0.6 is 0 Å². The first-order valence-electron chi connectivity index (χ1n) is 11.1. The molecule has 0 aliphatic heterocycles. The molecule has 1 N–H and O–H groups in total. The summed E-state index contributed by atoms with van der Waals surface area (Å²) in [4.78, 5) is 4.92. The zero-order valence-corrected chi connectivity index (χ0v) is 17.8. The summed E-state index contributed by atoms with van der Waals surface area (Å²) < 4.78 is 2.27. The molecule has 2 heterocycles. The van der Waals surface area contributed by atoms with Crippen molar-refractivity contribution in [1.29, 1.82) is 0 Å². The average Bonchev–Trinajstić information content (AvgIpc) is 3.11. The van der Waals surface area contributed by atoms with Crippen LogP contribution in [0.1, 0.15) is 70.4 Å². The van der Waals surface area contributed by atoms with E-state index < -0.39 is 0 Å².